The van der Waals surface area contributed by atoms with Crippen molar-refractivity contribution in [1.82, 2.24) is 20.3 Å². The summed E-state index contributed by atoms with van der Waals surface area (Å²) in [6, 6.07) is 27.0. The van der Waals surface area contributed by atoms with Crippen LogP contribution in [0.15, 0.2) is 91.1 Å². The van der Waals surface area contributed by atoms with E-state index in [0.717, 1.165) is 16.9 Å². The number of H-pyrrole nitrogens is 1. The molecule has 5 rings (SSSR count). The SMILES string of the molecule is CC(C)(C)c1ccccc1Oc1ncccc1Nc1nc2cccc(C(=O)NCc3ccccc3)c2[nH]1. The van der Waals surface area contributed by atoms with E-state index in [1.807, 2.05) is 72.8 Å². The van der Waals surface area contributed by atoms with Gasteiger partial charge in [-0.3, -0.25) is 4.79 Å². The summed E-state index contributed by atoms with van der Waals surface area (Å²) in [7, 11) is 0. The Morgan fingerprint density at radius 2 is 1.70 bits per heavy atom. The highest BCUT2D eigenvalue weighted by Gasteiger charge is 2.20. The lowest BCUT2D eigenvalue weighted by Crippen LogP contribution is -2.23. The fourth-order valence-corrected chi connectivity index (χ4v) is 4.13. The fourth-order valence-electron chi connectivity index (χ4n) is 4.13. The van der Waals surface area contributed by atoms with Gasteiger partial charge in [0.1, 0.15) is 11.4 Å². The number of fused-ring (bicyclic) bond motifs is 1. The lowest BCUT2D eigenvalue weighted by molar-refractivity contribution is 0.0952. The molecule has 0 aliphatic heterocycles. The zero-order valence-corrected chi connectivity index (χ0v) is 21.1. The minimum absolute atomic E-state index is 0.0881. The zero-order valence-electron chi connectivity index (χ0n) is 21.1. The Morgan fingerprint density at radius 1 is 0.919 bits per heavy atom. The van der Waals surface area contributed by atoms with Gasteiger partial charge in [0.05, 0.1) is 16.6 Å². The third-order valence-electron chi connectivity index (χ3n) is 5.98. The highest BCUT2D eigenvalue weighted by atomic mass is 16.5. The average Bonchev–Trinajstić information content (AvgIpc) is 3.31. The molecule has 0 atom stereocenters. The monoisotopic (exact) mass is 491 g/mol. The van der Waals surface area contributed by atoms with Crippen LogP contribution < -0.4 is 15.4 Å². The number of rotatable bonds is 7. The summed E-state index contributed by atoms with van der Waals surface area (Å²) in [5.74, 6) is 1.49. The van der Waals surface area contributed by atoms with Crippen LogP contribution in [0.2, 0.25) is 0 Å². The summed E-state index contributed by atoms with van der Waals surface area (Å²) in [5.41, 5.74) is 4.54. The number of hydrogen-bond donors (Lipinski definition) is 3. The number of aromatic nitrogens is 3. The van der Waals surface area contributed by atoms with E-state index in [2.05, 4.69) is 52.4 Å². The van der Waals surface area contributed by atoms with Gasteiger partial charge in [0.25, 0.3) is 5.91 Å². The number of imidazole rings is 1. The van der Waals surface area contributed by atoms with Gasteiger partial charge < -0.3 is 20.4 Å². The van der Waals surface area contributed by atoms with Crippen molar-refractivity contribution in [1.29, 1.82) is 0 Å². The second-order valence-corrected chi connectivity index (χ2v) is 9.78. The molecule has 1 amide bonds. The lowest BCUT2D eigenvalue weighted by atomic mass is 9.86. The van der Waals surface area contributed by atoms with Crippen molar-refractivity contribution < 1.29 is 9.53 Å². The molecule has 0 fully saturated rings. The van der Waals surface area contributed by atoms with Gasteiger partial charge >= 0.3 is 0 Å². The third kappa shape index (κ3) is 5.46. The number of hydrogen-bond acceptors (Lipinski definition) is 5. The Labute approximate surface area is 215 Å². The van der Waals surface area contributed by atoms with Crippen LogP contribution in [0, 0.1) is 0 Å². The molecule has 186 valence electrons. The standard InChI is InChI=1S/C30H29N5O2/c1-30(2,3)22-14-7-8-17-25(22)37-28-24(16-10-18-31-28)34-29-33-23-15-9-13-21(26(23)35-29)27(36)32-19-20-11-5-4-6-12-20/h4-18H,19H2,1-3H3,(H,32,36)(H2,33,34,35). The number of benzene rings is 3. The van der Waals surface area contributed by atoms with Crippen LogP contribution in [0.5, 0.6) is 11.6 Å². The van der Waals surface area contributed by atoms with E-state index >= 15 is 0 Å². The molecule has 0 spiro atoms. The van der Waals surface area contributed by atoms with Crippen molar-refractivity contribution in [2.24, 2.45) is 0 Å². The lowest BCUT2D eigenvalue weighted by Gasteiger charge is -2.22. The molecule has 7 nitrogen and oxygen atoms in total. The van der Waals surface area contributed by atoms with Crippen molar-refractivity contribution in [3.63, 3.8) is 0 Å². The van der Waals surface area contributed by atoms with E-state index in [1.165, 1.54) is 0 Å². The molecular weight excluding hydrogens is 462 g/mol. The largest absolute Gasteiger partial charge is 0.437 e. The highest BCUT2D eigenvalue weighted by molar-refractivity contribution is 6.05. The van der Waals surface area contributed by atoms with Crippen LogP contribution in [-0.4, -0.2) is 20.9 Å². The van der Waals surface area contributed by atoms with E-state index in [-0.39, 0.29) is 11.3 Å². The minimum Gasteiger partial charge on any atom is -0.437 e. The maximum absolute atomic E-state index is 13.0. The molecule has 0 saturated carbocycles. The average molecular weight is 492 g/mol. The Morgan fingerprint density at radius 3 is 2.51 bits per heavy atom. The van der Waals surface area contributed by atoms with Crippen LogP contribution in [0.25, 0.3) is 11.0 Å². The molecule has 0 radical (unpaired) electrons. The molecule has 37 heavy (non-hydrogen) atoms. The number of aromatic amines is 1. The first-order valence-corrected chi connectivity index (χ1v) is 12.2. The van der Waals surface area contributed by atoms with Gasteiger partial charge in [-0.15, -0.1) is 0 Å². The second kappa shape index (κ2) is 10.1. The zero-order chi connectivity index (χ0) is 25.8. The summed E-state index contributed by atoms with van der Waals surface area (Å²) in [6.45, 7) is 6.89. The van der Waals surface area contributed by atoms with Gasteiger partial charge in [0.15, 0.2) is 0 Å². The molecule has 0 unspecified atom stereocenters. The Hall–Kier alpha value is -4.65. The number of para-hydroxylation sites is 2. The molecule has 2 aromatic heterocycles. The number of nitrogens with one attached hydrogen (secondary N) is 3. The highest BCUT2D eigenvalue weighted by Crippen LogP contribution is 2.36. The topological polar surface area (TPSA) is 91.9 Å². The van der Waals surface area contributed by atoms with Crippen LogP contribution in [0.4, 0.5) is 11.6 Å². The molecule has 3 N–H and O–H groups in total. The second-order valence-electron chi connectivity index (χ2n) is 9.78. The molecule has 0 aliphatic carbocycles. The number of carbonyl (C=O) groups excluding carboxylic acids is 1. The van der Waals surface area contributed by atoms with E-state index < -0.39 is 0 Å². The summed E-state index contributed by atoms with van der Waals surface area (Å²) in [5, 5.41) is 6.26. The number of nitrogens with zero attached hydrogens (tertiary/aromatic N) is 2. The van der Waals surface area contributed by atoms with Gasteiger partial charge in [-0.25, -0.2) is 9.97 Å². The molecule has 0 bridgehead atoms. The molecule has 0 saturated heterocycles. The number of anilines is 2. The van der Waals surface area contributed by atoms with Crippen LogP contribution in [0.1, 0.15) is 42.3 Å². The first-order valence-electron chi connectivity index (χ1n) is 12.2. The first-order chi connectivity index (χ1) is 17.9. The van der Waals surface area contributed by atoms with E-state index in [1.54, 1.807) is 12.3 Å². The summed E-state index contributed by atoms with van der Waals surface area (Å²) in [6.07, 6.45) is 1.69. The number of pyridine rings is 1. The fraction of sp³-hybridized carbons (Fsp3) is 0.167. The van der Waals surface area contributed by atoms with Gasteiger partial charge in [-0.1, -0.05) is 75.4 Å². The van der Waals surface area contributed by atoms with Crippen molar-refractivity contribution in [3.05, 3.63) is 108 Å². The van der Waals surface area contributed by atoms with Gasteiger partial charge in [0.2, 0.25) is 11.8 Å². The minimum atomic E-state index is -0.172. The predicted octanol–water partition coefficient (Wildman–Crippen LogP) is 6.72. The molecule has 3 aromatic carbocycles. The molecule has 0 aliphatic rings. The maximum Gasteiger partial charge on any atom is 0.253 e. The number of ether oxygens (including phenoxy) is 1. The third-order valence-corrected chi connectivity index (χ3v) is 5.98. The molecular formula is C30H29N5O2. The van der Waals surface area contributed by atoms with E-state index in [9.17, 15) is 4.79 Å². The van der Waals surface area contributed by atoms with Crippen LogP contribution >= 0.6 is 0 Å². The molecule has 2 heterocycles. The number of carbonyl (C=O) groups is 1. The Bertz CT molecular complexity index is 1540. The summed E-state index contributed by atoms with van der Waals surface area (Å²) >= 11 is 0. The van der Waals surface area contributed by atoms with Crippen molar-refractivity contribution in [3.8, 4) is 11.6 Å². The van der Waals surface area contributed by atoms with Crippen molar-refractivity contribution >= 4 is 28.6 Å². The molecule has 7 heteroatoms. The maximum atomic E-state index is 13.0. The van der Waals surface area contributed by atoms with Crippen LogP contribution in [0.3, 0.4) is 0 Å². The van der Waals surface area contributed by atoms with Gasteiger partial charge in [-0.05, 0) is 41.3 Å². The first kappa shape index (κ1) is 24.1. The van der Waals surface area contributed by atoms with Crippen molar-refractivity contribution in [2.45, 2.75) is 32.7 Å². The predicted molar refractivity (Wildman–Crippen MR) is 146 cm³/mol. The van der Waals surface area contributed by atoms with Crippen LogP contribution in [-0.2, 0) is 12.0 Å². The normalized spacial score (nSPS) is 11.3. The summed E-state index contributed by atoms with van der Waals surface area (Å²) < 4.78 is 6.27. The summed E-state index contributed by atoms with van der Waals surface area (Å²) in [4.78, 5) is 25.3. The van der Waals surface area contributed by atoms with Gasteiger partial charge in [-0.2, -0.15) is 0 Å². The van der Waals surface area contributed by atoms with E-state index in [0.29, 0.717) is 40.7 Å². The van der Waals surface area contributed by atoms with Crippen molar-refractivity contribution in [2.75, 3.05) is 5.32 Å². The Kier molecular flexibility index (Phi) is 6.60. The number of amides is 1. The Balaban J connectivity index is 1.39. The quantitative estimate of drug-likeness (QED) is 0.235. The molecule has 5 aromatic rings. The van der Waals surface area contributed by atoms with E-state index in [4.69, 9.17) is 4.74 Å². The van der Waals surface area contributed by atoms with Gasteiger partial charge in [0, 0.05) is 18.3 Å². The smallest absolute Gasteiger partial charge is 0.253 e.